The molecule has 0 saturated carbocycles. The standard InChI is InChI=1S/C25H24F2N4O4/c1-2-35-23(25(32)29-13-15-7-9-16(10-8-15)24(28)31-34)22-20(26)11-18(12-21(22)27)19-6-4-3-5-17(19)14-30-33/h3-12,14,23,33-34H,2,13H2,1H3,(H2,28,31)(H,29,32)/t23-/m0/s1. The molecule has 0 aliphatic heterocycles. The third kappa shape index (κ3) is 6.05. The Morgan fingerprint density at radius 1 is 1.14 bits per heavy atom. The SMILES string of the molecule is CCO[C@H](C(=O)NCc1ccc(C(=N)NO)cc1)c1c(F)cc(-c2ccccc2C=NO)cc1F. The van der Waals surface area contributed by atoms with E-state index in [4.69, 9.17) is 20.6 Å². The van der Waals surface area contributed by atoms with Crippen LogP contribution in [-0.2, 0) is 16.1 Å². The molecule has 0 aromatic heterocycles. The van der Waals surface area contributed by atoms with Crippen molar-refractivity contribution in [3.8, 4) is 11.1 Å². The first kappa shape index (κ1) is 25.5. The maximum absolute atomic E-state index is 15.1. The molecule has 182 valence electrons. The molecular weight excluding hydrogens is 458 g/mol. The summed E-state index contributed by atoms with van der Waals surface area (Å²) in [6.45, 7) is 1.70. The van der Waals surface area contributed by atoms with E-state index in [1.54, 1.807) is 60.9 Å². The third-order valence-electron chi connectivity index (χ3n) is 5.20. The van der Waals surface area contributed by atoms with Gasteiger partial charge in [-0.2, -0.15) is 0 Å². The first-order valence-electron chi connectivity index (χ1n) is 10.6. The fourth-order valence-electron chi connectivity index (χ4n) is 3.52. The Kier molecular flexibility index (Phi) is 8.60. The lowest BCUT2D eigenvalue weighted by molar-refractivity contribution is -0.133. The van der Waals surface area contributed by atoms with E-state index in [1.165, 1.54) is 0 Å². The molecule has 0 radical (unpaired) electrons. The zero-order valence-electron chi connectivity index (χ0n) is 18.8. The fourth-order valence-corrected chi connectivity index (χ4v) is 3.52. The molecule has 3 rings (SSSR count). The number of amidine groups is 1. The van der Waals surface area contributed by atoms with Crippen LogP contribution in [0.3, 0.4) is 0 Å². The van der Waals surface area contributed by atoms with Crippen molar-refractivity contribution in [2.75, 3.05) is 6.61 Å². The van der Waals surface area contributed by atoms with Gasteiger partial charge in [-0.15, -0.1) is 0 Å². The van der Waals surface area contributed by atoms with E-state index in [-0.39, 0.29) is 24.6 Å². The van der Waals surface area contributed by atoms with Gasteiger partial charge in [-0.3, -0.25) is 20.9 Å². The number of ether oxygens (including phenoxy) is 1. The summed E-state index contributed by atoms with van der Waals surface area (Å²) in [5, 5.41) is 30.8. The highest BCUT2D eigenvalue weighted by Gasteiger charge is 2.28. The summed E-state index contributed by atoms with van der Waals surface area (Å²) in [6.07, 6.45) is -0.361. The number of nitrogens with one attached hydrogen (secondary N) is 3. The van der Waals surface area contributed by atoms with Crippen LogP contribution >= 0.6 is 0 Å². The average Bonchev–Trinajstić information content (AvgIpc) is 2.86. The molecule has 1 amide bonds. The minimum Gasteiger partial charge on any atom is -0.411 e. The zero-order valence-corrected chi connectivity index (χ0v) is 18.8. The summed E-state index contributed by atoms with van der Waals surface area (Å²) in [7, 11) is 0. The van der Waals surface area contributed by atoms with Crippen LogP contribution in [0.2, 0.25) is 0 Å². The first-order chi connectivity index (χ1) is 16.9. The molecule has 0 aliphatic carbocycles. The number of nitrogens with zero attached hydrogens (tertiary/aromatic N) is 1. The van der Waals surface area contributed by atoms with Gasteiger partial charge in [0.05, 0.1) is 11.8 Å². The normalized spacial score (nSPS) is 11.9. The van der Waals surface area contributed by atoms with E-state index >= 15 is 8.78 Å². The quantitative estimate of drug-likeness (QED) is 0.136. The van der Waals surface area contributed by atoms with Crippen molar-refractivity contribution < 1.29 is 28.7 Å². The topological polar surface area (TPSA) is 127 Å². The predicted molar refractivity (Wildman–Crippen MR) is 126 cm³/mol. The number of rotatable bonds is 9. The van der Waals surface area contributed by atoms with Crippen molar-refractivity contribution in [1.82, 2.24) is 10.8 Å². The number of hydrogen-bond acceptors (Lipinski definition) is 6. The van der Waals surface area contributed by atoms with Gasteiger partial charge in [-0.1, -0.05) is 53.7 Å². The Labute approximate surface area is 200 Å². The molecule has 0 fully saturated rings. The number of carbonyl (C=O) groups is 1. The fraction of sp³-hybridized carbons (Fsp3) is 0.160. The lowest BCUT2D eigenvalue weighted by atomic mass is 9.96. The van der Waals surface area contributed by atoms with Gasteiger partial charge < -0.3 is 15.3 Å². The molecule has 8 nitrogen and oxygen atoms in total. The molecule has 5 N–H and O–H groups in total. The summed E-state index contributed by atoms with van der Waals surface area (Å²) >= 11 is 0. The highest BCUT2D eigenvalue weighted by atomic mass is 19.1. The summed E-state index contributed by atoms with van der Waals surface area (Å²) in [4.78, 5) is 12.8. The van der Waals surface area contributed by atoms with Gasteiger partial charge in [0.1, 0.15) is 17.5 Å². The van der Waals surface area contributed by atoms with Crippen LogP contribution < -0.4 is 10.8 Å². The summed E-state index contributed by atoms with van der Waals surface area (Å²) in [5.41, 5.74) is 3.44. The number of amides is 1. The van der Waals surface area contributed by atoms with Crippen molar-refractivity contribution in [3.63, 3.8) is 0 Å². The van der Waals surface area contributed by atoms with Crippen molar-refractivity contribution in [3.05, 3.63) is 94.6 Å². The number of benzene rings is 3. The second-order valence-electron chi connectivity index (χ2n) is 7.42. The molecule has 0 unspecified atom stereocenters. The largest absolute Gasteiger partial charge is 0.411 e. The van der Waals surface area contributed by atoms with Crippen molar-refractivity contribution in [2.24, 2.45) is 5.16 Å². The van der Waals surface area contributed by atoms with Crippen LogP contribution in [0.4, 0.5) is 8.78 Å². The van der Waals surface area contributed by atoms with Crippen LogP contribution in [0, 0.1) is 17.0 Å². The van der Waals surface area contributed by atoms with E-state index in [0.29, 0.717) is 22.3 Å². The number of carbonyl (C=O) groups excluding carboxylic acids is 1. The zero-order chi connectivity index (χ0) is 25.4. The molecule has 3 aromatic carbocycles. The Balaban J connectivity index is 1.84. The number of halogens is 2. The Morgan fingerprint density at radius 2 is 1.80 bits per heavy atom. The molecule has 0 aliphatic rings. The maximum Gasteiger partial charge on any atom is 0.254 e. The van der Waals surface area contributed by atoms with Gasteiger partial charge in [0, 0.05) is 24.3 Å². The van der Waals surface area contributed by atoms with Crippen LogP contribution in [0.25, 0.3) is 11.1 Å². The molecule has 0 heterocycles. The van der Waals surface area contributed by atoms with E-state index in [9.17, 15) is 4.79 Å². The minimum atomic E-state index is -1.52. The van der Waals surface area contributed by atoms with Crippen LogP contribution in [-0.4, -0.2) is 35.0 Å². The van der Waals surface area contributed by atoms with E-state index in [2.05, 4.69) is 10.5 Å². The molecule has 0 bridgehead atoms. The molecule has 3 aromatic rings. The predicted octanol–water partition coefficient (Wildman–Crippen LogP) is 4.14. The Bertz CT molecular complexity index is 1210. The van der Waals surface area contributed by atoms with E-state index in [1.807, 2.05) is 0 Å². The Hall–Kier alpha value is -4.15. The smallest absolute Gasteiger partial charge is 0.254 e. The number of oxime groups is 1. The molecule has 1 atom stereocenters. The lowest BCUT2D eigenvalue weighted by Crippen LogP contribution is -2.31. The molecule has 10 heteroatoms. The lowest BCUT2D eigenvalue weighted by Gasteiger charge is -2.19. The monoisotopic (exact) mass is 482 g/mol. The average molecular weight is 482 g/mol. The summed E-state index contributed by atoms with van der Waals surface area (Å²) in [5.74, 6) is -2.82. The van der Waals surface area contributed by atoms with Gasteiger partial charge in [-0.05, 0) is 35.7 Å². The highest BCUT2D eigenvalue weighted by Crippen LogP contribution is 2.31. The second-order valence-corrected chi connectivity index (χ2v) is 7.42. The second kappa shape index (κ2) is 11.8. The van der Waals surface area contributed by atoms with Crippen molar-refractivity contribution in [1.29, 1.82) is 5.41 Å². The molecule has 0 spiro atoms. The maximum atomic E-state index is 15.1. The van der Waals surface area contributed by atoms with Crippen molar-refractivity contribution in [2.45, 2.75) is 19.6 Å². The number of hydrogen-bond donors (Lipinski definition) is 5. The van der Waals surface area contributed by atoms with Gasteiger partial charge in [0.25, 0.3) is 5.91 Å². The van der Waals surface area contributed by atoms with Gasteiger partial charge >= 0.3 is 0 Å². The van der Waals surface area contributed by atoms with Gasteiger partial charge in [0.2, 0.25) is 0 Å². The van der Waals surface area contributed by atoms with Crippen molar-refractivity contribution >= 4 is 18.0 Å². The summed E-state index contributed by atoms with van der Waals surface area (Å²) < 4.78 is 35.7. The minimum absolute atomic E-state index is 0.0412. The molecular formula is C25H24F2N4O4. The van der Waals surface area contributed by atoms with E-state index < -0.39 is 29.2 Å². The van der Waals surface area contributed by atoms with Crippen LogP contribution in [0.15, 0.2) is 65.8 Å². The van der Waals surface area contributed by atoms with Crippen LogP contribution in [0.1, 0.15) is 35.3 Å². The first-order valence-corrected chi connectivity index (χ1v) is 10.6. The van der Waals surface area contributed by atoms with E-state index in [0.717, 1.165) is 18.3 Å². The highest BCUT2D eigenvalue weighted by molar-refractivity contribution is 5.95. The molecule has 35 heavy (non-hydrogen) atoms. The van der Waals surface area contributed by atoms with Gasteiger partial charge in [-0.25, -0.2) is 8.78 Å². The Morgan fingerprint density at radius 3 is 2.40 bits per heavy atom. The molecule has 0 saturated heterocycles. The van der Waals surface area contributed by atoms with Gasteiger partial charge in [0.15, 0.2) is 6.10 Å². The summed E-state index contributed by atoms with van der Waals surface area (Å²) in [6, 6.07) is 15.3. The van der Waals surface area contributed by atoms with Crippen LogP contribution in [0.5, 0.6) is 0 Å². The number of hydroxylamine groups is 1. The third-order valence-corrected chi connectivity index (χ3v) is 5.20.